The van der Waals surface area contributed by atoms with Gasteiger partial charge < -0.3 is 14.7 Å². The fraction of sp³-hybridized carbons (Fsp3) is 0.417. The Kier molecular flexibility index (Phi) is 7.34. The average Bonchev–Trinajstić information content (AvgIpc) is 3.01. The minimum atomic E-state index is -0.462. The maximum absolute atomic E-state index is 13.1. The molecule has 4 rings (SSSR count). The van der Waals surface area contributed by atoms with E-state index in [0.717, 1.165) is 44.6 Å². The number of likely N-dealkylation sites (N-methyl/N-ethyl adjacent to an activating group) is 1. The van der Waals surface area contributed by atoms with Gasteiger partial charge in [-0.3, -0.25) is 9.59 Å². The third kappa shape index (κ3) is 4.75. The smallest absolute Gasteiger partial charge is 0.249 e. The summed E-state index contributed by atoms with van der Waals surface area (Å²) in [6.45, 7) is 3.13. The topological polar surface area (TPSA) is 43.9 Å². The second-order valence-electron chi connectivity index (χ2n) is 8.31. The highest BCUT2D eigenvalue weighted by molar-refractivity contribution is 5.96. The first-order chi connectivity index (χ1) is 14.5. The SMILES string of the molecule is CN1CN(c2ccccc2)C2(CCN(CCCC(=O)c3ccc(F)cc3)CC2)C1=O.Cl. The molecule has 0 radical (unpaired) electrons. The molecule has 0 bridgehead atoms. The molecule has 166 valence electrons. The van der Waals surface area contributed by atoms with E-state index in [1.54, 1.807) is 12.1 Å². The van der Waals surface area contributed by atoms with Crippen LogP contribution in [0.25, 0.3) is 0 Å². The summed E-state index contributed by atoms with van der Waals surface area (Å²) in [6, 6.07) is 15.9. The molecule has 2 aliphatic heterocycles. The molecule has 0 saturated carbocycles. The van der Waals surface area contributed by atoms with Gasteiger partial charge in [0.2, 0.25) is 5.91 Å². The molecule has 2 aromatic rings. The van der Waals surface area contributed by atoms with Crippen molar-refractivity contribution in [1.29, 1.82) is 0 Å². The zero-order valence-electron chi connectivity index (χ0n) is 17.8. The molecule has 7 heteroatoms. The molecular formula is C24H29ClFN3O2. The molecule has 0 atom stereocenters. The fourth-order valence-corrected chi connectivity index (χ4v) is 4.69. The predicted molar refractivity (Wildman–Crippen MR) is 122 cm³/mol. The van der Waals surface area contributed by atoms with Gasteiger partial charge in [0.1, 0.15) is 11.4 Å². The summed E-state index contributed by atoms with van der Waals surface area (Å²) < 4.78 is 13.0. The lowest BCUT2D eigenvalue weighted by Crippen LogP contribution is -2.56. The van der Waals surface area contributed by atoms with Crippen LogP contribution < -0.4 is 4.90 Å². The molecular weight excluding hydrogens is 417 g/mol. The molecule has 2 aliphatic rings. The van der Waals surface area contributed by atoms with Crippen molar-refractivity contribution in [3.8, 4) is 0 Å². The van der Waals surface area contributed by atoms with Gasteiger partial charge in [-0.05, 0) is 62.2 Å². The van der Waals surface area contributed by atoms with Gasteiger partial charge in [0.05, 0.1) is 6.67 Å². The number of para-hydroxylation sites is 1. The van der Waals surface area contributed by atoms with E-state index in [-0.39, 0.29) is 29.9 Å². The van der Waals surface area contributed by atoms with E-state index in [2.05, 4.69) is 21.9 Å². The quantitative estimate of drug-likeness (QED) is 0.631. The number of carbonyl (C=O) groups is 2. The summed E-state index contributed by atoms with van der Waals surface area (Å²) in [7, 11) is 1.88. The van der Waals surface area contributed by atoms with E-state index in [1.807, 2.05) is 30.1 Å². The van der Waals surface area contributed by atoms with Gasteiger partial charge in [-0.15, -0.1) is 12.4 Å². The molecule has 0 aromatic heterocycles. The number of hydrogen-bond donors (Lipinski definition) is 0. The van der Waals surface area contributed by atoms with Crippen molar-refractivity contribution >= 4 is 29.8 Å². The number of benzene rings is 2. The van der Waals surface area contributed by atoms with Gasteiger partial charge >= 0.3 is 0 Å². The molecule has 0 aliphatic carbocycles. The van der Waals surface area contributed by atoms with Gasteiger partial charge in [-0.1, -0.05) is 18.2 Å². The highest BCUT2D eigenvalue weighted by atomic mass is 35.5. The van der Waals surface area contributed by atoms with E-state index in [4.69, 9.17) is 0 Å². The molecule has 0 unspecified atom stereocenters. The van der Waals surface area contributed by atoms with E-state index in [1.165, 1.54) is 12.1 Å². The van der Waals surface area contributed by atoms with Crippen LogP contribution in [0.2, 0.25) is 0 Å². The number of rotatable bonds is 6. The number of Topliss-reactive ketones (excluding diaryl/α,β-unsaturated/α-hetero) is 1. The molecule has 2 heterocycles. The van der Waals surface area contributed by atoms with E-state index < -0.39 is 5.54 Å². The molecule has 2 fully saturated rings. The number of halogens is 2. The first-order valence-corrected chi connectivity index (χ1v) is 10.6. The highest BCUT2D eigenvalue weighted by Gasteiger charge is 2.52. The summed E-state index contributed by atoms with van der Waals surface area (Å²) in [5.41, 5.74) is 1.19. The number of anilines is 1. The number of piperidine rings is 1. The first-order valence-electron chi connectivity index (χ1n) is 10.6. The number of hydrogen-bond acceptors (Lipinski definition) is 4. The number of nitrogens with zero attached hydrogens (tertiary/aromatic N) is 3. The normalized spacial score (nSPS) is 18.3. The van der Waals surface area contributed by atoms with Crippen LogP contribution in [0.1, 0.15) is 36.0 Å². The standard InChI is InChI=1S/C24H28FN3O2.ClH/c1-26-18-28(21-6-3-2-4-7-21)24(23(26)30)13-16-27(17-14-24)15-5-8-22(29)19-9-11-20(25)12-10-19;/h2-4,6-7,9-12H,5,8,13-18H2,1H3;1H. The van der Waals surface area contributed by atoms with E-state index >= 15 is 0 Å². The van der Waals surface area contributed by atoms with Crippen molar-refractivity contribution in [2.45, 2.75) is 31.2 Å². The van der Waals surface area contributed by atoms with Crippen LogP contribution in [0.4, 0.5) is 10.1 Å². The number of ketones is 1. The summed E-state index contributed by atoms with van der Waals surface area (Å²) >= 11 is 0. The summed E-state index contributed by atoms with van der Waals surface area (Å²) in [5.74, 6) is -0.0748. The van der Waals surface area contributed by atoms with E-state index in [9.17, 15) is 14.0 Å². The zero-order chi connectivity index (χ0) is 21.1. The van der Waals surface area contributed by atoms with Gasteiger partial charge in [0.15, 0.2) is 5.78 Å². The number of carbonyl (C=O) groups excluding carboxylic acids is 2. The molecule has 1 amide bonds. The molecule has 1 spiro atoms. The molecule has 0 N–H and O–H groups in total. The number of amides is 1. The van der Waals surface area contributed by atoms with Crippen LogP contribution in [0, 0.1) is 5.82 Å². The van der Waals surface area contributed by atoms with E-state index in [0.29, 0.717) is 18.7 Å². The van der Waals surface area contributed by atoms with Crippen LogP contribution in [0.3, 0.4) is 0 Å². The lowest BCUT2D eigenvalue weighted by atomic mass is 9.85. The van der Waals surface area contributed by atoms with Crippen molar-refractivity contribution in [3.05, 3.63) is 66.0 Å². The lowest BCUT2D eigenvalue weighted by Gasteiger charge is -2.43. The van der Waals surface area contributed by atoms with Crippen LogP contribution >= 0.6 is 12.4 Å². The maximum atomic E-state index is 13.1. The Labute approximate surface area is 189 Å². The minimum Gasteiger partial charge on any atom is -0.339 e. The summed E-state index contributed by atoms with van der Waals surface area (Å²) in [6.07, 6.45) is 2.79. The van der Waals surface area contributed by atoms with Gasteiger partial charge in [0.25, 0.3) is 0 Å². The van der Waals surface area contributed by atoms with Crippen molar-refractivity contribution in [2.24, 2.45) is 0 Å². The van der Waals surface area contributed by atoms with Crippen LogP contribution in [0.5, 0.6) is 0 Å². The Balaban J connectivity index is 0.00000272. The minimum absolute atomic E-state index is 0. The zero-order valence-corrected chi connectivity index (χ0v) is 18.6. The van der Waals surface area contributed by atoms with Crippen LogP contribution in [-0.2, 0) is 4.79 Å². The Morgan fingerprint density at radius 3 is 2.32 bits per heavy atom. The number of likely N-dealkylation sites (tertiary alicyclic amines) is 1. The second-order valence-corrected chi connectivity index (χ2v) is 8.31. The van der Waals surface area contributed by atoms with Crippen molar-refractivity contribution in [3.63, 3.8) is 0 Å². The molecule has 2 aromatic carbocycles. The molecule has 5 nitrogen and oxygen atoms in total. The van der Waals surface area contributed by atoms with Gasteiger partial charge in [-0.25, -0.2) is 4.39 Å². The predicted octanol–water partition coefficient (Wildman–Crippen LogP) is 3.98. The Morgan fingerprint density at radius 1 is 1.03 bits per heavy atom. The third-order valence-corrected chi connectivity index (χ3v) is 6.41. The Hall–Kier alpha value is -2.44. The average molecular weight is 446 g/mol. The lowest BCUT2D eigenvalue weighted by molar-refractivity contribution is -0.132. The first kappa shape index (κ1) is 23.2. The summed E-state index contributed by atoms with van der Waals surface area (Å²) in [4.78, 5) is 31.8. The second kappa shape index (κ2) is 9.79. The monoisotopic (exact) mass is 445 g/mol. The van der Waals surface area contributed by atoms with Crippen molar-refractivity contribution in [2.75, 3.05) is 38.3 Å². The fourth-order valence-electron chi connectivity index (χ4n) is 4.69. The van der Waals surface area contributed by atoms with Crippen molar-refractivity contribution in [1.82, 2.24) is 9.80 Å². The summed E-state index contributed by atoms with van der Waals surface area (Å²) in [5, 5.41) is 0. The Morgan fingerprint density at radius 2 is 1.68 bits per heavy atom. The maximum Gasteiger partial charge on any atom is 0.249 e. The largest absolute Gasteiger partial charge is 0.339 e. The van der Waals surface area contributed by atoms with Crippen molar-refractivity contribution < 1.29 is 14.0 Å². The molecule has 31 heavy (non-hydrogen) atoms. The van der Waals surface area contributed by atoms with Crippen LogP contribution in [-0.4, -0.2) is 60.4 Å². The molecule has 2 saturated heterocycles. The van der Waals surface area contributed by atoms with Gasteiger partial charge in [0, 0.05) is 37.8 Å². The van der Waals surface area contributed by atoms with Gasteiger partial charge in [-0.2, -0.15) is 0 Å². The highest BCUT2D eigenvalue weighted by Crippen LogP contribution is 2.38. The Bertz CT molecular complexity index is 899. The third-order valence-electron chi connectivity index (χ3n) is 6.41. The van der Waals surface area contributed by atoms with Crippen LogP contribution in [0.15, 0.2) is 54.6 Å².